The van der Waals surface area contributed by atoms with E-state index in [9.17, 15) is 9.90 Å². The average molecular weight is 385 g/mol. The van der Waals surface area contributed by atoms with Crippen LogP contribution in [0.5, 0.6) is 0 Å². The third-order valence-corrected chi connectivity index (χ3v) is 10.3. The first-order valence-corrected chi connectivity index (χ1v) is 11.8. The lowest BCUT2D eigenvalue weighted by molar-refractivity contribution is 0.194. The van der Waals surface area contributed by atoms with E-state index >= 15 is 0 Å². The molecule has 0 saturated carbocycles. The fourth-order valence-electron chi connectivity index (χ4n) is 3.24. The van der Waals surface area contributed by atoms with Crippen LogP contribution < -0.4 is 9.80 Å². The zero-order valence-electron chi connectivity index (χ0n) is 15.3. The van der Waals surface area contributed by atoms with Gasteiger partial charge in [-0.1, -0.05) is 32.4 Å². The minimum Gasteiger partial charge on any atom is -0.465 e. The maximum Gasteiger partial charge on any atom is 0.413 e. The summed E-state index contributed by atoms with van der Waals surface area (Å²) < 4.78 is 6.56. The SMILES string of the molecule is CC(C)(C)[Si](C)(C)O[C@H]1C[C@@H]2CN(C(=O)O)c3nnc(Cl)cc3N2C1. The van der Waals surface area contributed by atoms with Crippen LogP contribution in [0.15, 0.2) is 6.07 Å². The summed E-state index contributed by atoms with van der Waals surface area (Å²) >= 11 is 6.01. The molecule has 1 aromatic heterocycles. The predicted molar refractivity (Wildman–Crippen MR) is 100 cm³/mol. The second-order valence-corrected chi connectivity index (χ2v) is 13.5. The summed E-state index contributed by atoms with van der Waals surface area (Å²) in [5, 5.41) is 17.7. The Balaban J connectivity index is 1.87. The Hall–Kier alpha value is -1.38. The summed E-state index contributed by atoms with van der Waals surface area (Å²) in [4.78, 5) is 15.0. The van der Waals surface area contributed by atoms with Crippen molar-refractivity contribution in [2.45, 2.75) is 57.5 Å². The van der Waals surface area contributed by atoms with Crippen molar-refractivity contribution in [1.82, 2.24) is 10.2 Å². The van der Waals surface area contributed by atoms with E-state index < -0.39 is 14.4 Å². The molecule has 0 unspecified atom stereocenters. The zero-order valence-corrected chi connectivity index (χ0v) is 17.0. The molecule has 0 spiro atoms. The second kappa shape index (κ2) is 6.10. The Morgan fingerprint density at radius 1 is 1.36 bits per heavy atom. The summed E-state index contributed by atoms with van der Waals surface area (Å²) in [7, 11) is -1.89. The number of hydrogen-bond acceptors (Lipinski definition) is 5. The summed E-state index contributed by atoms with van der Waals surface area (Å²) in [6.45, 7) is 12.2. The highest BCUT2D eigenvalue weighted by atomic mass is 35.5. The first kappa shape index (κ1) is 18.4. The van der Waals surface area contributed by atoms with E-state index in [1.54, 1.807) is 6.07 Å². The normalized spacial score (nSPS) is 23.4. The van der Waals surface area contributed by atoms with E-state index in [-0.39, 0.29) is 22.3 Å². The molecule has 0 radical (unpaired) electrons. The lowest BCUT2D eigenvalue weighted by atomic mass is 10.1. The number of carbonyl (C=O) groups is 1. The first-order chi connectivity index (χ1) is 11.5. The molecule has 2 atom stereocenters. The number of halogens is 1. The fraction of sp³-hybridized carbons (Fsp3) is 0.688. The second-order valence-electron chi connectivity index (χ2n) is 8.31. The molecule has 1 saturated heterocycles. The van der Waals surface area contributed by atoms with Gasteiger partial charge in [0.25, 0.3) is 0 Å². The van der Waals surface area contributed by atoms with Crippen molar-refractivity contribution in [3.05, 3.63) is 11.2 Å². The molecular weight excluding hydrogens is 360 g/mol. The molecule has 1 fully saturated rings. The van der Waals surface area contributed by atoms with E-state index in [2.05, 4.69) is 49.0 Å². The maximum absolute atomic E-state index is 11.6. The molecule has 3 rings (SSSR count). The van der Waals surface area contributed by atoms with Crippen molar-refractivity contribution in [2.24, 2.45) is 0 Å². The third-order valence-electron chi connectivity index (χ3n) is 5.56. The van der Waals surface area contributed by atoms with E-state index in [1.807, 2.05) is 0 Å². The van der Waals surface area contributed by atoms with Crippen molar-refractivity contribution in [2.75, 3.05) is 22.9 Å². The minimum atomic E-state index is -1.89. The predicted octanol–water partition coefficient (Wildman–Crippen LogP) is 3.60. The smallest absolute Gasteiger partial charge is 0.413 e. The van der Waals surface area contributed by atoms with E-state index in [0.29, 0.717) is 12.4 Å². The Bertz CT molecular complexity index is 694. The number of anilines is 2. The van der Waals surface area contributed by atoms with Crippen molar-refractivity contribution in [3.63, 3.8) is 0 Å². The molecule has 138 valence electrons. The van der Waals surface area contributed by atoms with E-state index in [1.165, 1.54) is 4.90 Å². The maximum atomic E-state index is 11.6. The number of carboxylic acid groups (broad SMARTS) is 1. The summed E-state index contributed by atoms with van der Waals surface area (Å²) in [6.07, 6.45) is -0.138. The highest BCUT2D eigenvalue weighted by Gasteiger charge is 2.46. The van der Waals surface area contributed by atoms with Gasteiger partial charge in [0, 0.05) is 18.7 Å². The van der Waals surface area contributed by atoms with E-state index in [0.717, 1.165) is 18.7 Å². The van der Waals surface area contributed by atoms with Gasteiger partial charge in [-0.15, -0.1) is 10.2 Å². The Morgan fingerprint density at radius 3 is 2.64 bits per heavy atom. The number of rotatable bonds is 2. The van der Waals surface area contributed by atoms with Gasteiger partial charge in [0.15, 0.2) is 19.3 Å². The van der Waals surface area contributed by atoms with Crippen LogP contribution in [0.4, 0.5) is 16.3 Å². The summed E-state index contributed by atoms with van der Waals surface area (Å²) in [5.41, 5.74) is 0.722. The molecule has 1 aromatic rings. The Morgan fingerprint density at radius 2 is 2.04 bits per heavy atom. The summed E-state index contributed by atoms with van der Waals surface area (Å²) in [5.74, 6) is 0.348. The number of nitrogens with zero attached hydrogens (tertiary/aromatic N) is 4. The molecule has 1 N–H and O–H groups in total. The molecule has 2 aliphatic rings. The highest BCUT2D eigenvalue weighted by Crippen LogP contribution is 2.42. The third kappa shape index (κ3) is 3.34. The highest BCUT2D eigenvalue weighted by molar-refractivity contribution is 6.74. The molecular formula is C16H25ClN4O3Si. The monoisotopic (exact) mass is 384 g/mol. The molecule has 2 aliphatic heterocycles. The van der Waals surface area contributed by atoms with Gasteiger partial charge in [0.1, 0.15) is 0 Å². The first-order valence-electron chi connectivity index (χ1n) is 8.48. The molecule has 9 heteroatoms. The van der Waals surface area contributed by atoms with Crippen molar-refractivity contribution < 1.29 is 14.3 Å². The van der Waals surface area contributed by atoms with Crippen LogP contribution >= 0.6 is 11.6 Å². The average Bonchev–Trinajstić information content (AvgIpc) is 2.86. The number of amides is 1. The van der Waals surface area contributed by atoms with Crippen LogP contribution in [0.25, 0.3) is 0 Å². The Kier molecular flexibility index (Phi) is 4.49. The fourth-order valence-corrected chi connectivity index (χ4v) is 4.74. The van der Waals surface area contributed by atoms with Gasteiger partial charge in [-0.25, -0.2) is 4.79 Å². The van der Waals surface area contributed by atoms with Gasteiger partial charge in [0.05, 0.1) is 18.3 Å². The van der Waals surface area contributed by atoms with Crippen LogP contribution in [-0.4, -0.2) is 54.9 Å². The molecule has 1 amide bonds. The largest absolute Gasteiger partial charge is 0.465 e. The quantitative estimate of drug-likeness (QED) is 0.785. The van der Waals surface area contributed by atoms with Gasteiger partial charge in [-0.2, -0.15) is 0 Å². The van der Waals surface area contributed by atoms with Crippen LogP contribution in [0, 0.1) is 0 Å². The van der Waals surface area contributed by atoms with Gasteiger partial charge in [0.2, 0.25) is 0 Å². The summed E-state index contributed by atoms with van der Waals surface area (Å²) in [6, 6.07) is 1.76. The number of fused-ring (bicyclic) bond motifs is 3. The van der Waals surface area contributed by atoms with Crippen molar-refractivity contribution in [3.8, 4) is 0 Å². The van der Waals surface area contributed by atoms with Gasteiger partial charge in [-0.3, -0.25) is 4.90 Å². The van der Waals surface area contributed by atoms with Crippen LogP contribution in [-0.2, 0) is 4.43 Å². The molecule has 25 heavy (non-hydrogen) atoms. The van der Waals surface area contributed by atoms with Crippen LogP contribution in [0.2, 0.25) is 23.3 Å². The molecule has 7 nitrogen and oxygen atoms in total. The van der Waals surface area contributed by atoms with Gasteiger partial charge >= 0.3 is 6.09 Å². The number of aromatic nitrogens is 2. The standard InChI is InChI=1S/C16H25ClN4O3Si/c1-16(2,3)25(4,5)24-11-6-10-8-21(15(22)23)14-12(20(10)9-11)7-13(17)18-19-14/h7,10-11H,6,8-9H2,1-5H3,(H,22,23)/t10-,11+/m1/s1. The van der Waals surface area contributed by atoms with Crippen LogP contribution in [0.3, 0.4) is 0 Å². The van der Waals surface area contributed by atoms with Crippen LogP contribution in [0.1, 0.15) is 27.2 Å². The Labute approximate surface area is 154 Å². The topological polar surface area (TPSA) is 78.8 Å². The van der Waals surface area contributed by atoms with E-state index in [4.69, 9.17) is 16.0 Å². The van der Waals surface area contributed by atoms with Gasteiger partial charge < -0.3 is 14.4 Å². The lowest BCUT2D eigenvalue weighted by Gasteiger charge is -2.38. The molecule has 0 aliphatic carbocycles. The van der Waals surface area contributed by atoms with Gasteiger partial charge in [-0.05, 0) is 24.6 Å². The molecule has 0 bridgehead atoms. The molecule has 3 heterocycles. The van der Waals surface area contributed by atoms with Crippen molar-refractivity contribution in [1.29, 1.82) is 0 Å². The minimum absolute atomic E-state index is 0.0682. The van der Waals surface area contributed by atoms with Crippen molar-refractivity contribution >= 4 is 37.5 Å². The lowest BCUT2D eigenvalue weighted by Crippen LogP contribution is -2.48. The zero-order chi connectivity index (χ0) is 18.6. The molecule has 0 aromatic carbocycles. The number of hydrogen-bond donors (Lipinski definition) is 1.